The second-order valence-corrected chi connectivity index (χ2v) is 8.92. The van der Waals surface area contributed by atoms with Gasteiger partial charge in [0, 0.05) is 54.9 Å². The Bertz CT molecular complexity index is 1240. The zero-order chi connectivity index (χ0) is 21.5. The zero-order valence-corrected chi connectivity index (χ0v) is 18.4. The summed E-state index contributed by atoms with van der Waals surface area (Å²) in [5.41, 5.74) is 2.86. The van der Waals surface area contributed by atoms with Gasteiger partial charge >= 0.3 is 0 Å². The van der Waals surface area contributed by atoms with E-state index in [0.717, 1.165) is 55.8 Å². The summed E-state index contributed by atoms with van der Waals surface area (Å²) < 4.78 is 9.12. The Morgan fingerprint density at radius 2 is 1.81 bits per heavy atom. The van der Waals surface area contributed by atoms with E-state index in [1.807, 2.05) is 29.2 Å². The lowest BCUT2D eigenvalue weighted by Crippen LogP contribution is -2.46. The SMILES string of the molecule is Clc1cnc2ncc(-c3ccn4nc(NC5CCC(N6CCOCC6)CC5)ncc34)cn12. The predicted molar refractivity (Wildman–Crippen MR) is 122 cm³/mol. The monoisotopic (exact) mass is 452 g/mol. The molecule has 5 heterocycles. The molecule has 9 nitrogen and oxygen atoms in total. The standard InChI is InChI=1S/C22H25ClN8O/c23-20-13-26-22-25-11-15(14-30(20)22)18-5-6-31-19(18)12-24-21(28-31)27-16-1-3-17(4-2-16)29-7-9-32-10-8-29/h5-6,11-14,16-17H,1-4,7-10H2,(H,27,28). The highest BCUT2D eigenvalue weighted by Gasteiger charge is 2.27. The third kappa shape index (κ3) is 3.70. The lowest BCUT2D eigenvalue weighted by atomic mass is 9.90. The Morgan fingerprint density at radius 3 is 2.66 bits per heavy atom. The van der Waals surface area contributed by atoms with Gasteiger partial charge in [0.25, 0.3) is 0 Å². The van der Waals surface area contributed by atoms with Crippen LogP contribution in [-0.4, -0.2) is 72.3 Å². The average Bonchev–Trinajstić information content (AvgIpc) is 3.43. The average molecular weight is 453 g/mol. The van der Waals surface area contributed by atoms with E-state index in [9.17, 15) is 0 Å². The van der Waals surface area contributed by atoms with Gasteiger partial charge in [0.15, 0.2) is 0 Å². The largest absolute Gasteiger partial charge is 0.379 e. The van der Waals surface area contributed by atoms with E-state index in [-0.39, 0.29) is 0 Å². The number of rotatable bonds is 4. The minimum Gasteiger partial charge on any atom is -0.379 e. The maximum absolute atomic E-state index is 6.20. The summed E-state index contributed by atoms with van der Waals surface area (Å²) in [6.45, 7) is 3.86. The molecule has 6 rings (SSSR count). The first-order chi connectivity index (χ1) is 15.7. The first-order valence-corrected chi connectivity index (χ1v) is 11.5. The molecule has 0 bridgehead atoms. The summed E-state index contributed by atoms with van der Waals surface area (Å²) in [4.78, 5) is 15.8. The molecule has 1 aliphatic carbocycles. The van der Waals surface area contributed by atoms with Crippen LogP contribution in [0.25, 0.3) is 22.4 Å². The van der Waals surface area contributed by atoms with E-state index in [2.05, 4.69) is 25.2 Å². The molecule has 1 N–H and O–H groups in total. The Hall–Kier alpha value is -2.75. The molecule has 2 aliphatic rings. The van der Waals surface area contributed by atoms with Crippen LogP contribution < -0.4 is 5.32 Å². The van der Waals surface area contributed by atoms with Gasteiger partial charge in [0.2, 0.25) is 11.7 Å². The van der Waals surface area contributed by atoms with Crippen LogP contribution in [0.4, 0.5) is 5.95 Å². The van der Waals surface area contributed by atoms with Crippen LogP contribution in [0, 0.1) is 0 Å². The number of nitrogens with zero attached hydrogens (tertiary/aromatic N) is 7. The highest BCUT2D eigenvalue weighted by Crippen LogP contribution is 2.28. The Labute approximate surface area is 190 Å². The fourth-order valence-corrected chi connectivity index (χ4v) is 5.08. The van der Waals surface area contributed by atoms with E-state index in [0.29, 0.717) is 29.0 Å². The molecule has 0 aromatic carbocycles. The molecule has 10 heteroatoms. The molecular weight excluding hydrogens is 428 g/mol. The summed E-state index contributed by atoms with van der Waals surface area (Å²) in [7, 11) is 0. The first kappa shape index (κ1) is 19.9. The molecule has 0 amide bonds. The fraction of sp³-hybridized carbons (Fsp3) is 0.455. The zero-order valence-electron chi connectivity index (χ0n) is 17.7. The number of hydrogen-bond acceptors (Lipinski definition) is 7. The maximum Gasteiger partial charge on any atom is 0.241 e. The van der Waals surface area contributed by atoms with Crippen LogP contribution in [0.2, 0.25) is 5.15 Å². The number of imidazole rings is 1. The van der Waals surface area contributed by atoms with Crippen molar-refractivity contribution in [2.75, 3.05) is 31.6 Å². The number of nitrogens with one attached hydrogen (secondary N) is 1. The number of ether oxygens (including phenoxy) is 1. The molecule has 2 fully saturated rings. The number of morpholine rings is 1. The van der Waals surface area contributed by atoms with Crippen LogP contribution in [0.3, 0.4) is 0 Å². The molecule has 0 spiro atoms. The summed E-state index contributed by atoms with van der Waals surface area (Å²) in [6, 6.07) is 3.12. The number of halogens is 1. The van der Waals surface area contributed by atoms with Crippen molar-refractivity contribution in [3.8, 4) is 11.1 Å². The van der Waals surface area contributed by atoms with Gasteiger partial charge in [-0.1, -0.05) is 11.6 Å². The van der Waals surface area contributed by atoms with Crippen LogP contribution in [0.5, 0.6) is 0 Å². The van der Waals surface area contributed by atoms with E-state index < -0.39 is 0 Å². The third-order valence-corrected chi connectivity index (χ3v) is 6.92. The topological polar surface area (TPSA) is 84.9 Å². The Morgan fingerprint density at radius 1 is 1.00 bits per heavy atom. The number of aromatic nitrogens is 6. The van der Waals surface area contributed by atoms with Crippen molar-refractivity contribution in [3.63, 3.8) is 0 Å². The summed E-state index contributed by atoms with van der Waals surface area (Å²) in [5, 5.41) is 8.77. The smallest absolute Gasteiger partial charge is 0.241 e. The van der Waals surface area contributed by atoms with Gasteiger partial charge < -0.3 is 10.1 Å². The highest BCUT2D eigenvalue weighted by molar-refractivity contribution is 6.29. The molecule has 1 saturated heterocycles. The van der Waals surface area contributed by atoms with Crippen LogP contribution in [-0.2, 0) is 4.74 Å². The molecule has 4 aromatic rings. The summed E-state index contributed by atoms with van der Waals surface area (Å²) in [5.74, 6) is 1.24. The van der Waals surface area contributed by atoms with Gasteiger partial charge in [-0.05, 0) is 31.7 Å². The van der Waals surface area contributed by atoms with Gasteiger partial charge in [-0.25, -0.2) is 19.5 Å². The lowest BCUT2D eigenvalue weighted by molar-refractivity contribution is 0.00790. The normalized spacial score (nSPS) is 22.5. The van der Waals surface area contributed by atoms with Gasteiger partial charge in [-0.15, -0.1) is 5.10 Å². The minimum absolute atomic E-state index is 0.412. The molecule has 0 atom stereocenters. The maximum atomic E-state index is 6.20. The van der Waals surface area contributed by atoms with Crippen molar-refractivity contribution in [2.45, 2.75) is 37.8 Å². The molecule has 1 aliphatic heterocycles. The molecule has 0 unspecified atom stereocenters. The van der Waals surface area contributed by atoms with Crippen LogP contribution in [0.15, 0.2) is 37.1 Å². The van der Waals surface area contributed by atoms with Crippen LogP contribution in [0.1, 0.15) is 25.7 Å². The van der Waals surface area contributed by atoms with Crippen molar-refractivity contribution in [2.24, 2.45) is 0 Å². The first-order valence-electron chi connectivity index (χ1n) is 11.2. The predicted octanol–water partition coefficient (Wildman–Crippen LogP) is 3.15. The number of anilines is 1. The second kappa shape index (κ2) is 8.31. The lowest BCUT2D eigenvalue weighted by Gasteiger charge is -2.38. The Kier molecular flexibility index (Phi) is 5.17. The van der Waals surface area contributed by atoms with E-state index in [1.165, 1.54) is 12.8 Å². The fourth-order valence-electron chi connectivity index (χ4n) is 4.91. The van der Waals surface area contributed by atoms with Crippen molar-refractivity contribution in [1.29, 1.82) is 0 Å². The van der Waals surface area contributed by atoms with Crippen molar-refractivity contribution in [3.05, 3.63) is 42.2 Å². The van der Waals surface area contributed by atoms with Crippen LogP contribution >= 0.6 is 11.6 Å². The van der Waals surface area contributed by atoms with Crippen molar-refractivity contribution < 1.29 is 4.74 Å². The number of hydrogen-bond donors (Lipinski definition) is 1. The van der Waals surface area contributed by atoms with E-state index in [4.69, 9.17) is 21.4 Å². The van der Waals surface area contributed by atoms with Gasteiger partial charge in [0.1, 0.15) is 5.15 Å². The highest BCUT2D eigenvalue weighted by atomic mass is 35.5. The molecule has 32 heavy (non-hydrogen) atoms. The van der Waals surface area contributed by atoms with Gasteiger partial charge in [-0.3, -0.25) is 9.30 Å². The summed E-state index contributed by atoms with van der Waals surface area (Å²) >= 11 is 6.20. The second-order valence-electron chi connectivity index (χ2n) is 8.53. The van der Waals surface area contributed by atoms with E-state index >= 15 is 0 Å². The summed E-state index contributed by atoms with van der Waals surface area (Å²) in [6.07, 6.45) is 13.8. The van der Waals surface area contributed by atoms with Gasteiger partial charge in [-0.2, -0.15) is 0 Å². The molecule has 1 saturated carbocycles. The number of fused-ring (bicyclic) bond motifs is 2. The molecule has 166 valence electrons. The van der Waals surface area contributed by atoms with E-state index in [1.54, 1.807) is 16.8 Å². The molecular formula is C22H25ClN8O. The molecule has 0 radical (unpaired) electrons. The Balaban J connectivity index is 1.16. The van der Waals surface area contributed by atoms with Crippen molar-refractivity contribution in [1.82, 2.24) is 33.9 Å². The van der Waals surface area contributed by atoms with Crippen molar-refractivity contribution >= 4 is 28.8 Å². The quantitative estimate of drug-likeness (QED) is 0.509. The van der Waals surface area contributed by atoms with Gasteiger partial charge in [0.05, 0.1) is 31.1 Å². The third-order valence-electron chi connectivity index (χ3n) is 6.64. The minimum atomic E-state index is 0.412. The molecule has 4 aromatic heterocycles.